The van der Waals surface area contributed by atoms with E-state index in [1.54, 1.807) is 0 Å². The number of hydrogen-bond acceptors (Lipinski definition) is 6. The molecule has 2 N–H and O–H groups in total. The van der Waals surface area contributed by atoms with Gasteiger partial charge in [0.15, 0.2) is 5.82 Å². The summed E-state index contributed by atoms with van der Waals surface area (Å²) in [7, 11) is 0. The van der Waals surface area contributed by atoms with Gasteiger partial charge in [0.05, 0.1) is 0 Å². The van der Waals surface area contributed by atoms with Gasteiger partial charge in [0.1, 0.15) is 6.33 Å². The number of rotatable bonds is 2. The zero-order chi connectivity index (χ0) is 12.7. The molecule has 7 heteroatoms. The number of fused-ring (bicyclic) bond motifs is 1. The minimum absolute atomic E-state index is 0.408. The number of nitrogens with one attached hydrogen (secondary N) is 2. The summed E-state index contributed by atoms with van der Waals surface area (Å²) in [4.78, 5) is 8.31. The maximum absolute atomic E-state index is 5.26. The van der Waals surface area contributed by atoms with Crippen molar-refractivity contribution in [3.8, 4) is 23.1 Å². The molecular weight excluding hydrogens is 244 g/mol. The molecule has 3 heterocycles. The van der Waals surface area contributed by atoms with Gasteiger partial charge >= 0.3 is 0 Å². The monoisotopic (exact) mass is 254 g/mol. The van der Waals surface area contributed by atoms with E-state index >= 15 is 0 Å². The molecule has 1 aliphatic heterocycles. The van der Waals surface area contributed by atoms with Crippen LogP contribution in [0, 0.1) is 0 Å². The van der Waals surface area contributed by atoms with Crippen LogP contribution in [0.5, 0.6) is 0 Å². The number of hydrogen-bond donors (Lipinski definition) is 2. The van der Waals surface area contributed by atoms with Crippen LogP contribution in [0.2, 0.25) is 0 Å². The normalized spacial score (nSPS) is 13.7. The van der Waals surface area contributed by atoms with Gasteiger partial charge in [0, 0.05) is 18.7 Å². The fraction of sp³-hybridized carbons (Fsp3) is 0.167. The third kappa shape index (κ3) is 1.71. The Morgan fingerprint density at radius 1 is 1.16 bits per heavy atom. The number of aromatic nitrogens is 5. The molecule has 7 nitrogen and oxygen atoms in total. The Morgan fingerprint density at radius 3 is 3.00 bits per heavy atom. The van der Waals surface area contributed by atoms with Crippen LogP contribution in [0.1, 0.15) is 11.1 Å². The predicted molar refractivity (Wildman–Crippen MR) is 65.7 cm³/mol. The summed E-state index contributed by atoms with van der Waals surface area (Å²) in [6.45, 7) is 1.80. The summed E-state index contributed by atoms with van der Waals surface area (Å²) in [5, 5.41) is 13.7. The second kappa shape index (κ2) is 3.99. The highest BCUT2D eigenvalue weighted by molar-refractivity contribution is 5.58. The summed E-state index contributed by atoms with van der Waals surface area (Å²) in [5.41, 5.74) is 3.51. The van der Waals surface area contributed by atoms with Crippen molar-refractivity contribution in [1.82, 2.24) is 30.6 Å². The largest absolute Gasteiger partial charge is 0.334 e. The average molecular weight is 254 g/mol. The molecule has 0 saturated carbocycles. The van der Waals surface area contributed by atoms with Crippen LogP contribution in [0.4, 0.5) is 0 Å². The van der Waals surface area contributed by atoms with Crippen LogP contribution in [0.25, 0.3) is 23.1 Å². The Hall–Kier alpha value is -2.54. The molecule has 94 valence electrons. The van der Waals surface area contributed by atoms with Crippen molar-refractivity contribution in [2.45, 2.75) is 13.1 Å². The number of aromatic amines is 1. The molecule has 19 heavy (non-hydrogen) atoms. The van der Waals surface area contributed by atoms with Gasteiger partial charge in [-0.05, 0) is 23.3 Å². The zero-order valence-electron chi connectivity index (χ0n) is 9.92. The van der Waals surface area contributed by atoms with Crippen LogP contribution in [0.15, 0.2) is 29.0 Å². The lowest BCUT2D eigenvalue weighted by atomic mass is 10.1. The highest BCUT2D eigenvalue weighted by Gasteiger charge is 2.15. The first-order valence-electron chi connectivity index (χ1n) is 5.92. The lowest BCUT2D eigenvalue weighted by molar-refractivity contribution is 0.432. The Morgan fingerprint density at radius 2 is 2.11 bits per heavy atom. The summed E-state index contributed by atoms with van der Waals surface area (Å²) < 4.78 is 5.26. The summed E-state index contributed by atoms with van der Waals surface area (Å²) >= 11 is 0. The van der Waals surface area contributed by atoms with Crippen molar-refractivity contribution in [2.24, 2.45) is 0 Å². The van der Waals surface area contributed by atoms with Crippen molar-refractivity contribution in [2.75, 3.05) is 0 Å². The first-order chi connectivity index (χ1) is 9.40. The molecule has 1 aromatic carbocycles. The van der Waals surface area contributed by atoms with Crippen LogP contribution >= 0.6 is 0 Å². The molecule has 0 saturated heterocycles. The van der Waals surface area contributed by atoms with Crippen molar-refractivity contribution in [3.63, 3.8) is 0 Å². The minimum atomic E-state index is 0.408. The molecule has 0 unspecified atom stereocenters. The van der Waals surface area contributed by atoms with Gasteiger partial charge < -0.3 is 9.84 Å². The first kappa shape index (κ1) is 10.4. The van der Waals surface area contributed by atoms with Gasteiger partial charge in [-0.2, -0.15) is 10.1 Å². The molecule has 0 spiro atoms. The smallest absolute Gasteiger partial charge is 0.258 e. The standard InChI is InChI=1S/C12H10N6O/c1-2-8-4-13-5-9(8)3-7(1)12-16-11(18-19-12)10-14-6-15-17-10/h1-3,6,13H,4-5H2,(H,14,15,17). The quantitative estimate of drug-likeness (QED) is 0.712. The van der Waals surface area contributed by atoms with E-state index in [9.17, 15) is 0 Å². The zero-order valence-corrected chi connectivity index (χ0v) is 9.92. The maximum atomic E-state index is 5.26. The summed E-state index contributed by atoms with van der Waals surface area (Å²) in [6, 6.07) is 6.15. The van der Waals surface area contributed by atoms with Gasteiger partial charge in [-0.3, -0.25) is 5.10 Å². The first-order valence-corrected chi connectivity index (χ1v) is 5.92. The molecule has 0 amide bonds. The molecule has 0 bridgehead atoms. The summed E-state index contributed by atoms with van der Waals surface area (Å²) in [6.07, 6.45) is 1.41. The second-order valence-corrected chi connectivity index (χ2v) is 4.34. The number of benzene rings is 1. The van der Waals surface area contributed by atoms with Crippen LogP contribution in [0.3, 0.4) is 0 Å². The lowest BCUT2D eigenvalue weighted by Crippen LogP contribution is -1.99. The second-order valence-electron chi connectivity index (χ2n) is 4.34. The lowest BCUT2D eigenvalue weighted by Gasteiger charge is -1.99. The van der Waals surface area contributed by atoms with E-state index in [0.29, 0.717) is 17.5 Å². The van der Waals surface area contributed by atoms with Crippen molar-refractivity contribution < 1.29 is 4.52 Å². The molecule has 4 rings (SSSR count). The Kier molecular flexibility index (Phi) is 2.18. The van der Waals surface area contributed by atoms with Crippen molar-refractivity contribution >= 4 is 0 Å². The number of nitrogens with zero attached hydrogens (tertiary/aromatic N) is 4. The molecule has 1 aliphatic rings. The highest BCUT2D eigenvalue weighted by Crippen LogP contribution is 2.24. The van der Waals surface area contributed by atoms with E-state index in [1.165, 1.54) is 17.5 Å². The van der Waals surface area contributed by atoms with E-state index in [2.05, 4.69) is 42.8 Å². The molecule has 2 aromatic heterocycles. The van der Waals surface area contributed by atoms with E-state index < -0.39 is 0 Å². The fourth-order valence-corrected chi connectivity index (χ4v) is 2.18. The third-order valence-electron chi connectivity index (χ3n) is 3.14. The number of H-pyrrole nitrogens is 1. The van der Waals surface area contributed by atoms with Gasteiger partial charge in [-0.15, -0.1) is 0 Å². The SMILES string of the molecule is c1n[nH]c(-c2noc(-c3ccc4c(c3)CNC4)n2)n1. The van der Waals surface area contributed by atoms with Gasteiger partial charge in [-0.1, -0.05) is 11.2 Å². The summed E-state index contributed by atoms with van der Waals surface area (Å²) in [5.74, 6) is 1.39. The molecule has 3 aromatic rings. The fourth-order valence-electron chi connectivity index (χ4n) is 2.18. The van der Waals surface area contributed by atoms with E-state index in [-0.39, 0.29) is 0 Å². The Balaban J connectivity index is 1.73. The molecule has 0 fully saturated rings. The Labute approximate surface area is 108 Å². The highest BCUT2D eigenvalue weighted by atomic mass is 16.5. The predicted octanol–water partition coefficient (Wildman–Crippen LogP) is 1.12. The van der Waals surface area contributed by atoms with Crippen LogP contribution < -0.4 is 5.32 Å². The van der Waals surface area contributed by atoms with E-state index in [1.807, 2.05) is 6.07 Å². The van der Waals surface area contributed by atoms with Gasteiger partial charge in [0.25, 0.3) is 5.89 Å². The molecule has 0 aliphatic carbocycles. The van der Waals surface area contributed by atoms with Crippen LogP contribution in [-0.4, -0.2) is 25.3 Å². The molecule has 0 radical (unpaired) electrons. The maximum Gasteiger partial charge on any atom is 0.258 e. The van der Waals surface area contributed by atoms with E-state index in [0.717, 1.165) is 18.7 Å². The average Bonchev–Trinajstić information content (AvgIpc) is 3.18. The van der Waals surface area contributed by atoms with Crippen molar-refractivity contribution in [3.05, 3.63) is 35.7 Å². The van der Waals surface area contributed by atoms with Gasteiger partial charge in [0.2, 0.25) is 5.82 Å². The van der Waals surface area contributed by atoms with E-state index in [4.69, 9.17) is 4.52 Å². The van der Waals surface area contributed by atoms with Gasteiger partial charge in [-0.25, -0.2) is 4.98 Å². The molecule has 0 atom stereocenters. The Bertz CT molecular complexity index is 718. The minimum Gasteiger partial charge on any atom is -0.334 e. The third-order valence-corrected chi connectivity index (χ3v) is 3.14. The topological polar surface area (TPSA) is 92.5 Å². The van der Waals surface area contributed by atoms with Crippen LogP contribution in [-0.2, 0) is 13.1 Å². The van der Waals surface area contributed by atoms with Crippen molar-refractivity contribution in [1.29, 1.82) is 0 Å². The molecular formula is C12H10N6O.